The van der Waals surface area contributed by atoms with Crippen LogP contribution in [-0.2, 0) is 6.61 Å². The van der Waals surface area contributed by atoms with Crippen LogP contribution in [0.1, 0.15) is 34.1 Å². The second-order valence-electron chi connectivity index (χ2n) is 8.88. The number of benzene rings is 2. The van der Waals surface area contributed by atoms with E-state index in [0.717, 1.165) is 33.8 Å². The van der Waals surface area contributed by atoms with Crippen LogP contribution in [0.2, 0.25) is 5.02 Å². The summed E-state index contributed by atoms with van der Waals surface area (Å²) in [7, 11) is 0. The zero-order valence-electron chi connectivity index (χ0n) is 20.2. The molecule has 0 radical (unpaired) electrons. The Morgan fingerprint density at radius 2 is 1.89 bits per heavy atom. The Labute approximate surface area is 222 Å². The van der Waals surface area contributed by atoms with Crippen LogP contribution < -0.4 is 9.47 Å². The molecule has 0 saturated heterocycles. The number of para-hydroxylation sites is 1. The zero-order chi connectivity index (χ0) is 25.6. The maximum atomic E-state index is 6.44. The highest BCUT2D eigenvalue weighted by Gasteiger charge is 2.38. The molecule has 5 heterocycles. The number of aryl methyl sites for hydroxylation is 1. The first-order valence-corrected chi connectivity index (χ1v) is 12.4. The second-order valence-corrected chi connectivity index (χ2v) is 9.32. The normalized spacial score (nSPS) is 14.1. The Kier molecular flexibility index (Phi) is 5.29. The summed E-state index contributed by atoms with van der Waals surface area (Å²) in [5, 5.41) is 10.1. The third-order valence-corrected chi connectivity index (χ3v) is 6.68. The molecule has 0 saturated carbocycles. The van der Waals surface area contributed by atoms with Gasteiger partial charge in [0, 0.05) is 17.4 Å². The molecule has 0 aliphatic carbocycles. The topological polar surface area (TPSA) is 92.3 Å². The molecule has 1 aliphatic heterocycles. The van der Waals surface area contributed by atoms with Gasteiger partial charge in [-0.15, -0.1) is 5.10 Å². The highest BCUT2D eigenvalue weighted by Crippen LogP contribution is 2.49. The Bertz CT molecular complexity index is 1780. The molecule has 0 amide bonds. The molecule has 1 atom stereocenters. The molecule has 0 bridgehead atoms. The summed E-state index contributed by atoms with van der Waals surface area (Å²) in [6, 6.07) is 21.0. The Morgan fingerprint density at radius 3 is 2.71 bits per heavy atom. The lowest BCUT2D eigenvalue weighted by Gasteiger charge is -2.26. The summed E-state index contributed by atoms with van der Waals surface area (Å²) in [6.45, 7) is 2.18. The van der Waals surface area contributed by atoms with Crippen molar-refractivity contribution in [2.24, 2.45) is 0 Å². The number of hydrogen-bond acceptors (Lipinski definition) is 7. The van der Waals surface area contributed by atoms with Crippen molar-refractivity contribution >= 4 is 17.2 Å². The van der Waals surface area contributed by atoms with Gasteiger partial charge in [-0.1, -0.05) is 41.9 Å². The summed E-state index contributed by atoms with van der Waals surface area (Å²) in [5.74, 6) is 2.02. The van der Waals surface area contributed by atoms with Crippen molar-refractivity contribution < 1.29 is 9.47 Å². The molecule has 7 rings (SSSR count). The standard InChI is InChI=1S/C28H20ClN7O2/c1-17-23-24(18-7-6-12-30-14-18)25-26-32-22(15-37-21-10-3-2-4-11-21)34-35(26)16-31-27(25)38-28(23)36(33-17)20-9-5-8-19(29)13-20/h2-14,16,24H,15H2,1H3. The van der Waals surface area contributed by atoms with Crippen LogP contribution in [0.5, 0.6) is 17.5 Å². The van der Waals surface area contributed by atoms with E-state index >= 15 is 0 Å². The quantitative estimate of drug-likeness (QED) is 0.294. The Morgan fingerprint density at radius 1 is 1.00 bits per heavy atom. The van der Waals surface area contributed by atoms with Crippen molar-refractivity contribution in [2.45, 2.75) is 19.4 Å². The van der Waals surface area contributed by atoms with Gasteiger partial charge in [0.1, 0.15) is 18.7 Å². The van der Waals surface area contributed by atoms with Crippen molar-refractivity contribution in [3.63, 3.8) is 0 Å². The first-order chi connectivity index (χ1) is 18.7. The minimum Gasteiger partial charge on any atom is -0.486 e. The highest BCUT2D eigenvalue weighted by atomic mass is 35.5. The largest absolute Gasteiger partial charge is 0.486 e. The molecule has 10 heteroatoms. The zero-order valence-corrected chi connectivity index (χ0v) is 20.9. The molecular weight excluding hydrogens is 502 g/mol. The number of hydrogen-bond donors (Lipinski definition) is 0. The molecule has 38 heavy (non-hydrogen) atoms. The van der Waals surface area contributed by atoms with Crippen molar-refractivity contribution in [2.75, 3.05) is 0 Å². The molecule has 0 N–H and O–H groups in total. The maximum Gasteiger partial charge on any atom is 0.230 e. The maximum absolute atomic E-state index is 6.44. The third kappa shape index (κ3) is 3.75. The van der Waals surface area contributed by atoms with Gasteiger partial charge in [-0.2, -0.15) is 5.10 Å². The predicted molar refractivity (Wildman–Crippen MR) is 140 cm³/mol. The van der Waals surface area contributed by atoms with Crippen LogP contribution >= 0.6 is 11.6 Å². The minimum atomic E-state index is -0.279. The Balaban J connectivity index is 1.38. The van der Waals surface area contributed by atoms with Gasteiger partial charge >= 0.3 is 0 Å². The van der Waals surface area contributed by atoms with Gasteiger partial charge in [0.05, 0.1) is 28.4 Å². The average molecular weight is 522 g/mol. The summed E-state index contributed by atoms with van der Waals surface area (Å²) >= 11 is 6.29. The average Bonchev–Trinajstić information content (AvgIpc) is 3.52. The van der Waals surface area contributed by atoms with E-state index in [0.29, 0.717) is 28.3 Å². The summed E-state index contributed by atoms with van der Waals surface area (Å²) in [5.41, 5.74) is 4.90. The molecule has 4 aromatic heterocycles. The van der Waals surface area contributed by atoms with Gasteiger partial charge < -0.3 is 9.47 Å². The van der Waals surface area contributed by atoms with E-state index in [9.17, 15) is 0 Å². The summed E-state index contributed by atoms with van der Waals surface area (Å²) in [4.78, 5) is 13.9. The van der Waals surface area contributed by atoms with E-state index in [1.807, 2.05) is 79.9 Å². The van der Waals surface area contributed by atoms with E-state index < -0.39 is 0 Å². The lowest BCUT2D eigenvalue weighted by molar-refractivity contribution is 0.296. The molecule has 186 valence electrons. The van der Waals surface area contributed by atoms with E-state index in [2.05, 4.69) is 15.1 Å². The molecule has 0 fully saturated rings. The van der Waals surface area contributed by atoms with E-state index in [1.165, 1.54) is 0 Å². The van der Waals surface area contributed by atoms with Crippen molar-refractivity contribution in [3.05, 3.63) is 119 Å². The van der Waals surface area contributed by atoms with Crippen LogP contribution in [-0.4, -0.2) is 34.3 Å². The molecule has 2 aromatic carbocycles. The molecule has 1 unspecified atom stereocenters. The molecular formula is C28H20ClN7O2. The number of aromatic nitrogens is 7. The van der Waals surface area contributed by atoms with Gasteiger partial charge in [-0.25, -0.2) is 19.2 Å². The van der Waals surface area contributed by atoms with Crippen LogP contribution in [0.3, 0.4) is 0 Å². The minimum absolute atomic E-state index is 0.218. The third-order valence-electron chi connectivity index (χ3n) is 6.45. The number of ether oxygens (including phenoxy) is 2. The number of halogens is 1. The Hall–Kier alpha value is -4.76. The lowest BCUT2D eigenvalue weighted by atomic mass is 9.85. The van der Waals surface area contributed by atoms with Gasteiger partial charge in [0.15, 0.2) is 11.5 Å². The summed E-state index contributed by atoms with van der Waals surface area (Å²) in [6.07, 6.45) is 5.20. The van der Waals surface area contributed by atoms with Crippen LogP contribution in [0.4, 0.5) is 0 Å². The van der Waals surface area contributed by atoms with Crippen molar-refractivity contribution in [1.82, 2.24) is 34.3 Å². The first-order valence-electron chi connectivity index (χ1n) is 12.0. The van der Waals surface area contributed by atoms with E-state index in [1.54, 1.807) is 21.7 Å². The number of nitrogens with zero attached hydrogens (tertiary/aromatic N) is 7. The van der Waals surface area contributed by atoms with Crippen molar-refractivity contribution in [3.8, 4) is 23.2 Å². The number of fused-ring (bicyclic) bond motifs is 4. The molecule has 9 nitrogen and oxygen atoms in total. The number of rotatable bonds is 5. The van der Waals surface area contributed by atoms with E-state index in [4.69, 9.17) is 31.2 Å². The molecule has 0 spiro atoms. The summed E-state index contributed by atoms with van der Waals surface area (Å²) < 4.78 is 15.8. The highest BCUT2D eigenvalue weighted by molar-refractivity contribution is 6.30. The van der Waals surface area contributed by atoms with Crippen LogP contribution in [0, 0.1) is 6.92 Å². The SMILES string of the molecule is Cc1nn(-c2cccc(Cl)c2)c2c1C(c1cccnc1)c1c(ncn3nc(COc4ccccc4)nc13)O2. The van der Waals surface area contributed by atoms with Gasteiger partial charge in [0.25, 0.3) is 0 Å². The predicted octanol–water partition coefficient (Wildman–Crippen LogP) is 5.53. The molecule has 1 aliphatic rings. The smallest absolute Gasteiger partial charge is 0.230 e. The fourth-order valence-corrected chi connectivity index (χ4v) is 5.00. The van der Waals surface area contributed by atoms with Crippen LogP contribution in [0.25, 0.3) is 11.3 Å². The fourth-order valence-electron chi connectivity index (χ4n) is 4.81. The van der Waals surface area contributed by atoms with Gasteiger partial charge in [-0.05, 0) is 48.9 Å². The van der Waals surface area contributed by atoms with Crippen LogP contribution in [0.15, 0.2) is 85.5 Å². The van der Waals surface area contributed by atoms with E-state index in [-0.39, 0.29) is 12.5 Å². The van der Waals surface area contributed by atoms with Crippen molar-refractivity contribution in [1.29, 1.82) is 0 Å². The fraction of sp³-hybridized carbons (Fsp3) is 0.107. The first kappa shape index (κ1) is 22.4. The monoisotopic (exact) mass is 521 g/mol. The molecule has 6 aromatic rings. The number of pyridine rings is 1. The lowest BCUT2D eigenvalue weighted by Crippen LogP contribution is -2.16. The van der Waals surface area contributed by atoms with Gasteiger partial charge in [0.2, 0.25) is 11.8 Å². The second kappa shape index (κ2) is 8.97. The van der Waals surface area contributed by atoms with Gasteiger partial charge in [-0.3, -0.25) is 4.98 Å².